The van der Waals surface area contributed by atoms with Gasteiger partial charge in [0.2, 0.25) is 5.79 Å². The minimum absolute atomic E-state index is 0.0146. The normalized spacial score (nSPS) is 42.7. The summed E-state index contributed by atoms with van der Waals surface area (Å²) in [6.45, 7) is 12.7. The molecular formula is C35H46O10. The Balaban J connectivity index is 1.67. The summed E-state index contributed by atoms with van der Waals surface area (Å²) in [5, 5.41) is 25.4. The molecule has 3 aliphatic carbocycles. The van der Waals surface area contributed by atoms with E-state index in [-0.39, 0.29) is 43.6 Å². The van der Waals surface area contributed by atoms with Crippen LogP contribution in [0.25, 0.3) is 0 Å². The largest absolute Gasteiger partial charge is 0.465 e. The standard InChI is InChI=1S/C35H46O10/c1-8-12-24(38)43-34-18-41-23(34)17-22(37)33(7)27(34)29(42-30(39)20-13-10-9-11-14-20)35(40)16-15-21(36)19(2)25(31(35,3)4)26-28(33)45-32(5,6)44-26/h9-11,13-14,19,22-23,27-29,37,40H,8,12,15-18H2,1-7H3/b26-25+/t19?,22-,23+,27-,28+,29-,33+,34-,35+/m0/s1. The second kappa shape index (κ2) is 10.6. The van der Waals surface area contributed by atoms with E-state index < -0.39 is 76.0 Å². The number of hydrogen-bond donors (Lipinski definition) is 2. The predicted octanol–water partition coefficient (Wildman–Crippen LogP) is 4.26. The predicted molar refractivity (Wildman–Crippen MR) is 161 cm³/mol. The van der Waals surface area contributed by atoms with Crippen molar-refractivity contribution in [2.45, 2.75) is 122 Å². The number of esters is 2. The molecular weight excluding hydrogens is 580 g/mol. The lowest BCUT2D eigenvalue weighted by Gasteiger charge is -2.67. The molecule has 9 atom stereocenters. The van der Waals surface area contributed by atoms with Gasteiger partial charge in [-0.05, 0) is 30.5 Å². The third-order valence-electron chi connectivity index (χ3n) is 11.4. The van der Waals surface area contributed by atoms with Crippen LogP contribution in [-0.4, -0.2) is 75.9 Å². The van der Waals surface area contributed by atoms with Gasteiger partial charge in [0.15, 0.2) is 5.60 Å². The number of aliphatic hydroxyl groups excluding tert-OH is 1. The molecule has 1 aromatic rings. The van der Waals surface area contributed by atoms with Crippen LogP contribution in [0.3, 0.4) is 0 Å². The molecule has 0 spiro atoms. The number of carbonyl (C=O) groups excluding carboxylic acids is 3. The Hall–Kier alpha value is -2.79. The van der Waals surface area contributed by atoms with Gasteiger partial charge in [0, 0.05) is 49.9 Å². The van der Waals surface area contributed by atoms with Crippen LogP contribution < -0.4 is 0 Å². The third-order valence-corrected chi connectivity index (χ3v) is 11.4. The topological polar surface area (TPSA) is 138 Å². The Morgan fingerprint density at radius 1 is 1.09 bits per heavy atom. The van der Waals surface area contributed by atoms with E-state index >= 15 is 0 Å². The van der Waals surface area contributed by atoms with Gasteiger partial charge in [0.25, 0.3) is 0 Å². The summed E-state index contributed by atoms with van der Waals surface area (Å²) in [7, 11) is 0. The van der Waals surface area contributed by atoms with Crippen LogP contribution in [0.1, 0.15) is 90.9 Å². The summed E-state index contributed by atoms with van der Waals surface area (Å²) in [4.78, 5) is 41.0. The highest BCUT2D eigenvalue weighted by molar-refractivity contribution is 5.89. The molecule has 6 rings (SSSR count). The molecule has 2 bridgehead atoms. The van der Waals surface area contributed by atoms with Gasteiger partial charge in [-0.15, -0.1) is 0 Å². The van der Waals surface area contributed by atoms with E-state index in [1.807, 2.05) is 27.7 Å². The quantitative estimate of drug-likeness (QED) is 0.456. The van der Waals surface area contributed by atoms with Crippen molar-refractivity contribution in [2.24, 2.45) is 22.7 Å². The lowest BCUT2D eigenvalue weighted by Crippen LogP contribution is -2.80. The summed E-state index contributed by atoms with van der Waals surface area (Å²) in [6.07, 6.45) is -3.31. The molecule has 45 heavy (non-hydrogen) atoms. The first-order valence-electron chi connectivity index (χ1n) is 16.2. The summed E-state index contributed by atoms with van der Waals surface area (Å²) < 4.78 is 32.1. The van der Waals surface area contributed by atoms with Gasteiger partial charge in [-0.3, -0.25) is 9.59 Å². The first-order valence-corrected chi connectivity index (χ1v) is 16.2. The van der Waals surface area contributed by atoms with Gasteiger partial charge in [-0.1, -0.05) is 52.8 Å². The molecule has 2 heterocycles. The zero-order valence-electron chi connectivity index (χ0n) is 27.3. The van der Waals surface area contributed by atoms with Crippen molar-refractivity contribution in [1.82, 2.24) is 0 Å². The van der Waals surface area contributed by atoms with Crippen molar-refractivity contribution < 1.29 is 48.3 Å². The maximum absolute atomic E-state index is 14.0. The molecule has 246 valence electrons. The van der Waals surface area contributed by atoms with Crippen LogP contribution in [-0.2, 0) is 33.3 Å². The minimum atomic E-state index is -1.87. The molecule has 1 aromatic carbocycles. The smallest absolute Gasteiger partial charge is 0.338 e. The van der Waals surface area contributed by atoms with E-state index in [1.54, 1.807) is 51.1 Å². The van der Waals surface area contributed by atoms with Crippen LogP contribution in [0.2, 0.25) is 0 Å². The Kier molecular flexibility index (Phi) is 7.59. The SMILES string of the molecule is CCCC(=O)O[C@@]12CO[C@@H]1C[C@H](O)[C@@]1(C)[C@@H]3OC(C)(C)O/C3=C3\C(C)C(=O)CC[C@@](O)([C@@H](OC(=O)c4ccccc4)[C@H]21)C3(C)C. The molecule has 5 aliphatic rings. The number of Topliss-reactive ketones (excluding diaryl/α,β-unsaturated/α-hetero) is 1. The highest BCUT2D eigenvalue weighted by Gasteiger charge is 2.78. The Bertz CT molecular complexity index is 1420. The summed E-state index contributed by atoms with van der Waals surface area (Å²) in [5.41, 5.74) is -4.94. The molecule has 0 aromatic heterocycles. The molecule has 1 unspecified atom stereocenters. The van der Waals surface area contributed by atoms with E-state index in [2.05, 4.69) is 0 Å². The molecule has 2 saturated carbocycles. The van der Waals surface area contributed by atoms with E-state index in [1.165, 1.54) is 0 Å². The van der Waals surface area contributed by atoms with Gasteiger partial charge < -0.3 is 33.9 Å². The molecule has 0 amide bonds. The number of carbonyl (C=O) groups is 3. The second-order valence-electron chi connectivity index (χ2n) is 14.8. The number of aliphatic hydroxyl groups is 2. The molecule has 10 nitrogen and oxygen atoms in total. The first kappa shape index (κ1) is 32.2. The van der Waals surface area contributed by atoms with Crippen molar-refractivity contribution in [3.05, 3.63) is 47.2 Å². The molecule has 2 saturated heterocycles. The lowest BCUT2D eigenvalue weighted by molar-refractivity contribution is -0.359. The number of ketones is 1. The number of fused-ring (bicyclic) bond motifs is 7. The van der Waals surface area contributed by atoms with Gasteiger partial charge in [0.1, 0.15) is 35.5 Å². The molecule has 4 fully saturated rings. The monoisotopic (exact) mass is 626 g/mol. The number of rotatable bonds is 5. The summed E-state index contributed by atoms with van der Waals surface area (Å²) in [6, 6.07) is 8.47. The Labute approximate surface area is 264 Å². The molecule has 10 heteroatoms. The highest BCUT2D eigenvalue weighted by Crippen LogP contribution is 2.66. The lowest BCUT2D eigenvalue weighted by atomic mass is 9.46. The fourth-order valence-electron chi connectivity index (χ4n) is 8.94. The number of benzene rings is 1. The third kappa shape index (κ3) is 4.53. The average Bonchev–Trinajstić information content (AvgIpc) is 3.27. The Morgan fingerprint density at radius 2 is 1.78 bits per heavy atom. The zero-order valence-corrected chi connectivity index (χ0v) is 27.3. The maximum Gasteiger partial charge on any atom is 0.338 e. The summed E-state index contributed by atoms with van der Waals surface area (Å²) >= 11 is 0. The summed E-state index contributed by atoms with van der Waals surface area (Å²) in [5.74, 6) is -3.65. The highest BCUT2D eigenvalue weighted by atomic mass is 16.7. The fraction of sp³-hybridized carbons (Fsp3) is 0.686. The van der Waals surface area contributed by atoms with Crippen LogP contribution in [0.5, 0.6) is 0 Å². The van der Waals surface area contributed by atoms with Crippen molar-refractivity contribution in [3.63, 3.8) is 0 Å². The molecule has 2 N–H and O–H groups in total. The van der Waals surface area contributed by atoms with Gasteiger partial charge >= 0.3 is 11.9 Å². The fourth-order valence-corrected chi connectivity index (χ4v) is 8.94. The molecule has 0 radical (unpaired) electrons. The first-order chi connectivity index (χ1) is 21.0. The van der Waals surface area contributed by atoms with E-state index in [0.29, 0.717) is 17.8 Å². The average molecular weight is 627 g/mol. The zero-order chi connectivity index (χ0) is 32.7. The Morgan fingerprint density at radius 3 is 2.40 bits per heavy atom. The van der Waals surface area contributed by atoms with Gasteiger partial charge in [-0.2, -0.15) is 0 Å². The van der Waals surface area contributed by atoms with Crippen molar-refractivity contribution in [1.29, 1.82) is 0 Å². The van der Waals surface area contributed by atoms with Gasteiger partial charge in [0.05, 0.1) is 24.2 Å². The van der Waals surface area contributed by atoms with Gasteiger partial charge in [-0.25, -0.2) is 4.79 Å². The van der Waals surface area contributed by atoms with E-state index in [4.69, 9.17) is 23.7 Å². The second-order valence-corrected chi connectivity index (χ2v) is 14.8. The van der Waals surface area contributed by atoms with Crippen LogP contribution in [0, 0.1) is 22.7 Å². The van der Waals surface area contributed by atoms with Crippen molar-refractivity contribution in [2.75, 3.05) is 6.61 Å². The maximum atomic E-state index is 14.0. The van der Waals surface area contributed by atoms with E-state index in [0.717, 1.165) is 0 Å². The van der Waals surface area contributed by atoms with Crippen LogP contribution >= 0.6 is 0 Å². The van der Waals surface area contributed by atoms with E-state index in [9.17, 15) is 24.6 Å². The van der Waals surface area contributed by atoms with Crippen LogP contribution in [0.4, 0.5) is 0 Å². The number of ether oxygens (including phenoxy) is 5. The minimum Gasteiger partial charge on any atom is -0.465 e. The van der Waals surface area contributed by atoms with Crippen molar-refractivity contribution in [3.8, 4) is 0 Å². The molecule has 2 aliphatic heterocycles. The van der Waals surface area contributed by atoms with Crippen molar-refractivity contribution >= 4 is 17.7 Å². The number of hydrogen-bond acceptors (Lipinski definition) is 10. The van der Waals surface area contributed by atoms with Crippen LogP contribution in [0.15, 0.2) is 41.7 Å².